The number of ketones is 1. The van der Waals surface area contributed by atoms with E-state index in [0.29, 0.717) is 54.8 Å². The minimum absolute atomic E-state index is 0.0614. The number of ether oxygens (including phenoxy) is 2. The largest absolute Gasteiger partial charge is 0.396 e. The Hall–Kier alpha value is -0.490. The first-order chi connectivity index (χ1) is 15.2. The molecule has 6 fully saturated rings. The van der Waals surface area contributed by atoms with Crippen molar-refractivity contribution in [2.75, 3.05) is 13.2 Å². The van der Waals surface area contributed by atoms with Crippen LogP contribution in [0.1, 0.15) is 78.6 Å². The molecule has 5 heteroatoms. The van der Waals surface area contributed by atoms with Gasteiger partial charge >= 0.3 is 0 Å². The molecule has 1 spiro atoms. The van der Waals surface area contributed by atoms with Gasteiger partial charge in [-0.25, -0.2) is 0 Å². The molecule has 12 atom stereocenters. The Balaban J connectivity index is 1.26. The lowest BCUT2D eigenvalue weighted by molar-refractivity contribution is -0.275. The van der Waals surface area contributed by atoms with Crippen LogP contribution in [0.25, 0.3) is 0 Å². The predicted molar refractivity (Wildman–Crippen MR) is 120 cm³/mol. The third-order valence-corrected chi connectivity index (χ3v) is 11.8. The molecule has 4 aliphatic carbocycles. The van der Waals surface area contributed by atoms with E-state index in [1.54, 1.807) is 0 Å². The first kappa shape index (κ1) is 22.0. The Labute approximate surface area is 192 Å². The zero-order valence-electron chi connectivity index (χ0n) is 20.1. The lowest BCUT2D eigenvalue weighted by Gasteiger charge is -2.60. The number of aliphatic hydroxyl groups is 2. The van der Waals surface area contributed by atoms with Crippen LogP contribution in [-0.4, -0.2) is 47.2 Å². The molecule has 0 aromatic heterocycles. The fourth-order valence-corrected chi connectivity index (χ4v) is 10.1. The molecule has 6 aliphatic rings. The van der Waals surface area contributed by atoms with Gasteiger partial charge in [-0.3, -0.25) is 4.79 Å². The summed E-state index contributed by atoms with van der Waals surface area (Å²) in [6, 6.07) is 0. The molecule has 0 amide bonds. The second-order valence-electron chi connectivity index (χ2n) is 13.0. The monoisotopic (exact) mass is 446 g/mol. The zero-order chi connectivity index (χ0) is 22.5. The van der Waals surface area contributed by atoms with Crippen LogP contribution in [0.15, 0.2) is 0 Å². The third-order valence-electron chi connectivity index (χ3n) is 11.8. The number of hydrogen-bond acceptors (Lipinski definition) is 5. The van der Waals surface area contributed by atoms with Crippen molar-refractivity contribution in [3.8, 4) is 0 Å². The van der Waals surface area contributed by atoms with Crippen LogP contribution < -0.4 is 0 Å². The fraction of sp³-hybridized carbons (Fsp3) is 0.963. The second kappa shape index (κ2) is 7.26. The average Bonchev–Trinajstić information content (AvgIpc) is 3.21. The molecular weight excluding hydrogens is 404 g/mol. The van der Waals surface area contributed by atoms with E-state index >= 15 is 0 Å². The molecule has 12 unspecified atom stereocenters. The van der Waals surface area contributed by atoms with Crippen molar-refractivity contribution in [3.05, 3.63) is 0 Å². The number of rotatable bonds is 1. The summed E-state index contributed by atoms with van der Waals surface area (Å²) in [5.74, 6) is 2.74. The van der Waals surface area contributed by atoms with Gasteiger partial charge in [-0.05, 0) is 79.4 Å². The van der Waals surface area contributed by atoms with Gasteiger partial charge in [0.1, 0.15) is 5.78 Å². The van der Waals surface area contributed by atoms with Crippen molar-refractivity contribution in [2.24, 2.45) is 52.3 Å². The van der Waals surface area contributed by atoms with E-state index in [0.717, 1.165) is 32.1 Å². The van der Waals surface area contributed by atoms with Gasteiger partial charge in [-0.1, -0.05) is 20.8 Å². The van der Waals surface area contributed by atoms with Gasteiger partial charge in [-0.15, -0.1) is 0 Å². The topological polar surface area (TPSA) is 76.0 Å². The van der Waals surface area contributed by atoms with Crippen molar-refractivity contribution in [1.29, 1.82) is 0 Å². The minimum atomic E-state index is -0.467. The van der Waals surface area contributed by atoms with Crippen molar-refractivity contribution >= 4 is 5.78 Å². The van der Waals surface area contributed by atoms with Crippen molar-refractivity contribution in [3.63, 3.8) is 0 Å². The Morgan fingerprint density at radius 1 is 1.03 bits per heavy atom. The summed E-state index contributed by atoms with van der Waals surface area (Å²) >= 11 is 0. The first-order valence-electron chi connectivity index (χ1n) is 13.4. The summed E-state index contributed by atoms with van der Waals surface area (Å²) in [7, 11) is 0. The number of hydrogen-bond donors (Lipinski definition) is 2. The first-order valence-corrected chi connectivity index (χ1v) is 13.4. The molecule has 5 nitrogen and oxygen atoms in total. The number of carbonyl (C=O) groups excluding carboxylic acids is 1. The SMILES string of the molecule is CC1C2C(CC3C4CC(=O)C5CC(O)CCC5(C)C4CCC32C)OC12CCC(CO)CO2. The van der Waals surface area contributed by atoms with Crippen molar-refractivity contribution in [2.45, 2.75) is 96.6 Å². The minimum Gasteiger partial charge on any atom is -0.396 e. The highest BCUT2D eigenvalue weighted by molar-refractivity contribution is 5.83. The maximum absolute atomic E-state index is 13.4. The molecule has 0 radical (unpaired) electrons. The summed E-state index contributed by atoms with van der Waals surface area (Å²) in [6.45, 7) is 8.02. The molecule has 2 N–H and O–H groups in total. The molecule has 2 saturated heterocycles. The van der Waals surface area contributed by atoms with E-state index in [1.165, 1.54) is 12.8 Å². The molecule has 6 rings (SSSR count). The van der Waals surface area contributed by atoms with Crippen LogP contribution in [0.5, 0.6) is 0 Å². The van der Waals surface area contributed by atoms with Crippen molar-refractivity contribution in [1.82, 2.24) is 0 Å². The van der Waals surface area contributed by atoms with Crippen LogP contribution in [0, 0.1) is 52.3 Å². The van der Waals surface area contributed by atoms with E-state index in [4.69, 9.17) is 9.47 Å². The molecular formula is C27H42O5. The second-order valence-corrected chi connectivity index (χ2v) is 13.0. The highest BCUT2D eigenvalue weighted by atomic mass is 16.7. The number of Topliss-reactive ketones (excluding diaryl/α,β-unsaturated/α-hetero) is 1. The molecule has 0 bridgehead atoms. The van der Waals surface area contributed by atoms with Gasteiger partial charge in [-0.2, -0.15) is 0 Å². The van der Waals surface area contributed by atoms with E-state index < -0.39 is 5.79 Å². The molecule has 0 aromatic carbocycles. The van der Waals surface area contributed by atoms with E-state index in [9.17, 15) is 15.0 Å². The Kier molecular flexibility index (Phi) is 4.99. The molecule has 32 heavy (non-hydrogen) atoms. The Morgan fingerprint density at radius 3 is 2.53 bits per heavy atom. The van der Waals surface area contributed by atoms with Gasteiger partial charge in [0, 0.05) is 37.2 Å². The summed E-state index contributed by atoms with van der Waals surface area (Å²) in [4.78, 5) is 13.4. The number of carbonyl (C=O) groups is 1. The number of aliphatic hydroxyl groups excluding tert-OH is 2. The number of fused-ring (bicyclic) bond motifs is 7. The molecule has 4 saturated carbocycles. The van der Waals surface area contributed by atoms with E-state index in [-0.39, 0.29) is 41.5 Å². The Morgan fingerprint density at radius 2 is 1.81 bits per heavy atom. The maximum atomic E-state index is 13.4. The van der Waals surface area contributed by atoms with E-state index in [2.05, 4.69) is 20.8 Å². The average molecular weight is 447 g/mol. The molecule has 2 heterocycles. The smallest absolute Gasteiger partial charge is 0.171 e. The lowest BCUT2D eigenvalue weighted by atomic mass is 9.44. The van der Waals surface area contributed by atoms with Gasteiger partial charge in [0.25, 0.3) is 0 Å². The van der Waals surface area contributed by atoms with Crippen LogP contribution in [0.4, 0.5) is 0 Å². The van der Waals surface area contributed by atoms with Crippen LogP contribution in [-0.2, 0) is 14.3 Å². The van der Waals surface area contributed by atoms with Gasteiger partial charge in [0.2, 0.25) is 0 Å². The van der Waals surface area contributed by atoms with Crippen LogP contribution in [0.2, 0.25) is 0 Å². The highest BCUT2D eigenvalue weighted by Crippen LogP contribution is 2.71. The maximum Gasteiger partial charge on any atom is 0.171 e. The van der Waals surface area contributed by atoms with Gasteiger partial charge in [0.15, 0.2) is 5.79 Å². The van der Waals surface area contributed by atoms with Crippen molar-refractivity contribution < 1.29 is 24.5 Å². The summed E-state index contributed by atoms with van der Waals surface area (Å²) in [5, 5.41) is 19.8. The summed E-state index contributed by atoms with van der Waals surface area (Å²) < 4.78 is 13.2. The van der Waals surface area contributed by atoms with E-state index in [1.807, 2.05) is 0 Å². The highest BCUT2D eigenvalue weighted by Gasteiger charge is 2.69. The van der Waals surface area contributed by atoms with Crippen LogP contribution >= 0.6 is 0 Å². The van der Waals surface area contributed by atoms with Crippen LogP contribution in [0.3, 0.4) is 0 Å². The third kappa shape index (κ3) is 2.80. The molecule has 180 valence electrons. The van der Waals surface area contributed by atoms with Gasteiger partial charge < -0.3 is 19.7 Å². The predicted octanol–water partition coefficient (Wildman–Crippen LogP) is 3.95. The standard InChI is InChI=1S/C27H42O5/c1-15-24-23(32-27(15)9-4-16(13-28)14-31-27)12-20-18-11-22(30)21-10-17(29)5-7-25(21,2)19(18)6-8-26(20,24)3/h15-21,23-24,28-29H,4-14H2,1-3H3. The fourth-order valence-electron chi connectivity index (χ4n) is 10.1. The summed E-state index contributed by atoms with van der Waals surface area (Å²) in [6.07, 6.45) is 8.56. The van der Waals surface area contributed by atoms with Gasteiger partial charge in [0.05, 0.1) is 18.8 Å². The summed E-state index contributed by atoms with van der Waals surface area (Å²) in [5.41, 5.74) is 0.279. The molecule has 2 aliphatic heterocycles. The zero-order valence-corrected chi connectivity index (χ0v) is 20.1. The lowest BCUT2D eigenvalue weighted by Crippen LogP contribution is -2.57. The molecule has 0 aromatic rings. The quantitative estimate of drug-likeness (QED) is 0.638. The normalized spacial score (nSPS) is 59.4. The Bertz CT molecular complexity index is 774.